The number of aromatic amines is 1. The molecule has 0 aliphatic heterocycles. The number of H-pyrrole nitrogens is 1. The van der Waals surface area contributed by atoms with Gasteiger partial charge in [-0.2, -0.15) is 5.10 Å². The average molecular weight is 239 g/mol. The van der Waals surface area contributed by atoms with E-state index in [1.807, 2.05) is 6.92 Å². The van der Waals surface area contributed by atoms with Crippen LogP contribution in [-0.2, 0) is 0 Å². The van der Waals surface area contributed by atoms with Gasteiger partial charge in [0.2, 0.25) is 0 Å². The largest absolute Gasteiger partial charge is 0.389 e. The molecule has 0 spiro atoms. The van der Waals surface area contributed by atoms with Gasteiger partial charge in [-0.05, 0) is 26.8 Å². The van der Waals surface area contributed by atoms with Gasteiger partial charge in [0.25, 0.3) is 11.5 Å². The van der Waals surface area contributed by atoms with E-state index < -0.39 is 5.60 Å². The Bertz CT molecular complexity index is 428. The molecule has 1 aromatic heterocycles. The van der Waals surface area contributed by atoms with Crippen LogP contribution in [0.15, 0.2) is 16.9 Å². The van der Waals surface area contributed by atoms with Crippen molar-refractivity contribution in [3.8, 4) is 0 Å². The second kappa shape index (κ2) is 5.09. The van der Waals surface area contributed by atoms with Gasteiger partial charge in [-0.1, -0.05) is 0 Å². The van der Waals surface area contributed by atoms with E-state index in [1.54, 1.807) is 13.8 Å². The SMILES string of the molecule is CCN(CC(C)(C)O)C(=O)c1ccc(=O)[nH]n1. The lowest BCUT2D eigenvalue weighted by Gasteiger charge is -2.27. The van der Waals surface area contributed by atoms with E-state index >= 15 is 0 Å². The maximum Gasteiger partial charge on any atom is 0.274 e. The molecule has 2 N–H and O–H groups in total. The molecule has 6 nitrogen and oxygen atoms in total. The molecule has 1 amide bonds. The Hall–Kier alpha value is -1.69. The van der Waals surface area contributed by atoms with Crippen molar-refractivity contribution in [3.63, 3.8) is 0 Å². The molecule has 1 aromatic rings. The van der Waals surface area contributed by atoms with Gasteiger partial charge in [0.1, 0.15) is 5.69 Å². The molecule has 0 radical (unpaired) electrons. The lowest BCUT2D eigenvalue weighted by molar-refractivity contribution is 0.0311. The van der Waals surface area contributed by atoms with Crippen molar-refractivity contribution in [1.82, 2.24) is 15.1 Å². The van der Waals surface area contributed by atoms with Gasteiger partial charge < -0.3 is 10.0 Å². The third kappa shape index (κ3) is 3.99. The van der Waals surface area contributed by atoms with Crippen LogP contribution in [0.5, 0.6) is 0 Å². The minimum atomic E-state index is -0.964. The van der Waals surface area contributed by atoms with Crippen molar-refractivity contribution >= 4 is 5.91 Å². The lowest BCUT2D eigenvalue weighted by Crippen LogP contribution is -2.42. The normalized spacial score (nSPS) is 11.3. The van der Waals surface area contributed by atoms with Crippen LogP contribution in [0.25, 0.3) is 0 Å². The number of rotatable bonds is 4. The summed E-state index contributed by atoms with van der Waals surface area (Å²) in [5.74, 6) is -0.314. The summed E-state index contributed by atoms with van der Waals surface area (Å²) in [7, 11) is 0. The monoisotopic (exact) mass is 239 g/mol. The fraction of sp³-hybridized carbons (Fsp3) is 0.545. The first-order chi connectivity index (χ1) is 7.83. The summed E-state index contributed by atoms with van der Waals surface area (Å²) < 4.78 is 0. The molecule has 0 aromatic carbocycles. The summed E-state index contributed by atoms with van der Waals surface area (Å²) in [4.78, 5) is 24.3. The molecule has 17 heavy (non-hydrogen) atoms. The number of hydrogen-bond acceptors (Lipinski definition) is 4. The van der Waals surface area contributed by atoms with E-state index in [4.69, 9.17) is 0 Å². The second-order valence-corrected chi connectivity index (χ2v) is 4.44. The van der Waals surface area contributed by atoms with Crippen LogP contribution in [0.2, 0.25) is 0 Å². The first kappa shape index (κ1) is 13.4. The summed E-state index contributed by atoms with van der Waals surface area (Å²) >= 11 is 0. The minimum Gasteiger partial charge on any atom is -0.389 e. The third-order valence-corrected chi connectivity index (χ3v) is 2.14. The van der Waals surface area contributed by atoms with Crippen molar-refractivity contribution in [2.75, 3.05) is 13.1 Å². The summed E-state index contributed by atoms with van der Waals surface area (Å²) in [5, 5.41) is 15.6. The fourth-order valence-electron chi connectivity index (χ4n) is 1.42. The van der Waals surface area contributed by atoms with Gasteiger partial charge in [-0.25, -0.2) is 5.10 Å². The van der Waals surface area contributed by atoms with Gasteiger partial charge in [0.05, 0.1) is 5.60 Å². The average Bonchev–Trinajstić information content (AvgIpc) is 2.25. The number of aliphatic hydroxyl groups is 1. The van der Waals surface area contributed by atoms with Gasteiger partial charge in [0.15, 0.2) is 0 Å². The first-order valence-corrected chi connectivity index (χ1v) is 5.41. The van der Waals surface area contributed by atoms with Crippen molar-refractivity contribution in [1.29, 1.82) is 0 Å². The Labute approximate surface area is 99.3 Å². The van der Waals surface area contributed by atoms with Gasteiger partial charge in [-0.15, -0.1) is 0 Å². The zero-order valence-corrected chi connectivity index (χ0v) is 10.2. The topological polar surface area (TPSA) is 86.3 Å². The van der Waals surface area contributed by atoms with E-state index in [1.165, 1.54) is 17.0 Å². The number of nitrogens with one attached hydrogen (secondary N) is 1. The highest BCUT2D eigenvalue weighted by molar-refractivity contribution is 5.92. The first-order valence-electron chi connectivity index (χ1n) is 5.41. The standard InChI is InChI=1S/C11H17N3O3/c1-4-14(7-11(2,3)17)10(16)8-5-6-9(15)13-12-8/h5-6,17H,4,7H2,1-3H3,(H,13,15). The molecule has 94 valence electrons. The van der Waals surface area contributed by atoms with Crippen LogP contribution >= 0.6 is 0 Å². The molecule has 0 saturated heterocycles. The van der Waals surface area contributed by atoms with Crippen LogP contribution in [-0.4, -0.2) is 44.8 Å². The molecule has 1 rings (SSSR count). The summed E-state index contributed by atoms with van der Waals surface area (Å²) in [6, 6.07) is 2.62. The molecule has 0 unspecified atom stereocenters. The molecule has 1 heterocycles. The third-order valence-electron chi connectivity index (χ3n) is 2.14. The van der Waals surface area contributed by atoms with Crippen molar-refractivity contribution in [3.05, 3.63) is 28.2 Å². The van der Waals surface area contributed by atoms with Gasteiger partial charge in [-0.3, -0.25) is 9.59 Å². The van der Waals surface area contributed by atoms with E-state index in [0.29, 0.717) is 6.54 Å². The van der Waals surface area contributed by atoms with E-state index in [-0.39, 0.29) is 23.7 Å². The number of carbonyl (C=O) groups excluding carboxylic acids is 1. The van der Waals surface area contributed by atoms with Gasteiger partial charge in [0, 0.05) is 19.2 Å². The quantitative estimate of drug-likeness (QED) is 0.774. The van der Waals surface area contributed by atoms with Crippen LogP contribution in [0.4, 0.5) is 0 Å². The van der Waals surface area contributed by atoms with E-state index in [2.05, 4.69) is 10.2 Å². The number of hydrogen-bond donors (Lipinski definition) is 2. The lowest BCUT2D eigenvalue weighted by atomic mass is 10.1. The maximum absolute atomic E-state index is 12.0. The zero-order valence-electron chi connectivity index (χ0n) is 10.2. The predicted molar refractivity (Wildman–Crippen MR) is 62.7 cm³/mol. The summed E-state index contributed by atoms with van der Waals surface area (Å²) in [6.45, 7) is 5.74. The van der Waals surface area contributed by atoms with E-state index in [0.717, 1.165) is 0 Å². The Kier molecular flexibility index (Phi) is 4.01. The zero-order chi connectivity index (χ0) is 13.1. The molecule has 0 saturated carbocycles. The van der Waals surface area contributed by atoms with Crippen LogP contribution < -0.4 is 5.56 Å². The van der Waals surface area contributed by atoms with Crippen molar-refractivity contribution in [2.45, 2.75) is 26.4 Å². The fourth-order valence-corrected chi connectivity index (χ4v) is 1.42. The molecule has 0 aliphatic rings. The van der Waals surface area contributed by atoms with E-state index in [9.17, 15) is 14.7 Å². The Morgan fingerprint density at radius 2 is 2.18 bits per heavy atom. The summed E-state index contributed by atoms with van der Waals surface area (Å²) in [5.41, 5.74) is -1.16. The Morgan fingerprint density at radius 1 is 1.53 bits per heavy atom. The molecule has 0 atom stereocenters. The maximum atomic E-state index is 12.0. The number of amides is 1. The number of likely N-dealkylation sites (N-methyl/N-ethyl adjacent to an activating group) is 1. The Balaban J connectivity index is 2.86. The molecule has 0 aliphatic carbocycles. The summed E-state index contributed by atoms with van der Waals surface area (Å²) in [6.07, 6.45) is 0. The molecule has 0 fully saturated rings. The highest BCUT2D eigenvalue weighted by atomic mass is 16.3. The highest BCUT2D eigenvalue weighted by Crippen LogP contribution is 2.07. The van der Waals surface area contributed by atoms with Crippen molar-refractivity contribution < 1.29 is 9.90 Å². The highest BCUT2D eigenvalue weighted by Gasteiger charge is 2.22. The van der Waals surface area contributed by atoms with Crippen molar-refractivity contribution in [2.24, 2.45) is 0 Å². The second-order valence-electron chi connectivity index (χ2n) is 4.44. The number of carbonyl (C=O) groups is 1. The molecule has 6 heteroatoms. The number of nitrogens with zero attached hydrogens (tertiary/aromatic N) is 2. The number of aromatic nitrogens is 2. The van der Waals surface area contributed by atoms with Crippen LogP contribution in [0.1, 0.15) is 31.3 Å². The minimum absolute atomic E-state index is 0.163. The molecular formula is C11H17N3O3. The van der Waals surface area contributed by atoms with Crippen LogP contribution in [0.3, 0.4) is 0 Å². The molecular weight excluding hydrogens is 222 g/mol. The molecule has 0 bridgehead atoms. The smallest absolute Gasteiger partial charge is 0.274 e. The predicted octanol–water partition coefficient (Wildman–Crippen LogP) is 0.00290. The Morgan fingerprint density at radius 3 is 2.59 bits per heavy atom. The van der Waals surface area contributed by atoms with Crippen LogP contribution in [0, 0.1) is 0 Å². The van der Waals surface area contributed by atoms with Gasteiger partial charge >= 0.3 is 0 Å².